The molecule has 0 saturated carbocycles. The molecule has 7 nitrogen and oxygen atoms in total. The Balaban J connectivity index is 1.49. The van der Waals surface area contributed by atoms with Gasteiger partial charge in [0.05, 0.1) is 12.3 Å². The van der Waals surface area contributed by atoms with Crippen molar-refractivity contribution < 1.29 is 12.9 Å². The maximum absolute atomic E-state index is 12.3. The van der Waals surface area contributed by atoms with Crippen molar-refractivity contribution in [2.75, 3.05) is 19.6 Å². The maximum Gasteiger partial charge on any atom is 0.240 e. The van der Waals surface area contributed by atoms with Gasteiger partial charge in [-0.2, -0.15) is 4.98 Å². The molecule has 0 aliphatic carbocycles. The third-order valence-corrected chi connectivity index (χ3v) is 5.64. The molecule has 0 spiro atoms. The SMILES string of the molecule is Cc1noc(CN2CCCC(CNS(=O)(=O)Cc3ccccc3)C2)n1. The lowest BCUT2D eigenvalue weighted by Gasteiger charge is -2.31. The molecule has 1 fully saturated rings. The smallest absolute Gasteiger partial charge is 0.240 e. The van der Waals surface area contributed by atoms with Gasteiger partial charge in [0.1, 0.15) is 0 Å². The van der Waals surface area contributed by atoms with Crippen molar-refractivity contribution in [1.82, 2.24) is 19.8 Å². The van der Waals surface area contributed by atoms with E-state index in [1.807, 2.05) is 30.3 Å². The first-order valence-electron chi connectivity index (χ1n) is 8.53. The molecule has 0 bridgehead atoms. The van der Waals surface area contributed by atoms with Crippen LogP contribution in [0.4, 0.5) is 0 Å². The molecule has 1 aromatic heterocycles. The van der Waals surface area contributed by atoms with Crippen molar-refractivity contribution in [2.45, 2.75) is 32.1 Å². The highest BCUT2D eigenvalue weighted by Gasteiger charge is 2.23. The molecule has 136 valence electrons. The second-order valence-electron chi connectivity index (χ2n) is 6.57. The number of aromatic nitrogens is 2. The van der Waals surface area contributed by atoms with Gasteiger partial charge in [-0.05, 0) is 37.8 Å². The van der Waals surface area contributed by atoms with Gasteiger partial charge in [-0.3, -0.25) is 4.90 Å². The van der Waals surface area contributed by atoms with Crippen LogP contribution in [0.5, 0.6) is 0 Å². The molecule has 25 heavy (non-hydrogen) atoms. The van der Waals surface area contributed by atoms with Gasteiger partial charge in [0, 0.05) is 13.1 Å². The molecule has 1 aromatic carbocycles. The zero-order chi connectivity index (χ0) is 17.7. The van der Waals surface area contributed by atoms with Gasteiger partial charge >= 0.3 is 0 Å². The lowest BCUT2D eigenvalue weighted by molar-refractivity contribution is 0.151. The van der Waals surface area contributed by atoms with E-state index < -0.39 is 10.0 Å². The molecule has 1 atom stereocenters. The predicted octanol–water partition coefficient (Wildman–Crippen LogP) is 1.71. The average molecular weight is 364 g/mol. The minimum absolute atomic E-state index is 0.0194. The van der Waals surface area contributed by atoms with Crippen LogP contribution in [0.15, 0.2) is 34.9 Å². The van der Waals surface area contributed by atoms with Crippen LogP contribution < -0.4 is 4.72 Å². The average Bonchev–Trinajstić information content (AvgIpc) is 2.99. The number of likely N-dealkylation sites (tertiary alicyclic amines) is 1. The standard InChI is InChI=1S/C17H24N4O3S/c1-14-19-17(24-20-14)12-21-9-5-8-16(11-21)10-18-25(22,23)13-15-6-3-2-4-7-15/h2-4,6-7,16,18H,5,8-13H2,1H3. The number of hydrogen-bond donors (Lipinski definition) is 1. The number of rotatable bonds is 7. The molecule has 0 radical (unpaired) electrons. The van der Waals surface area contributed by atoms with Crippen molar-refractivity contribution in [1.29, 1.82) is 0 Å². The Morgan fingerprint density at radius 1 is 1.32 bits per heavy atom. The van der Waals surface area contributed by atoms with Gasteiger partial charge in [-0.25, -0.2) is 13.1 Å². The first-order chi connectivity index (χ1) is 12.0. The van der Waals surface area contributed by atoms with E-state index >= 15 is 0 Å². The Morgan fingerprint density at radius 3 is 2.84 bits per heavy atom. The fraction of sp³-hybridized carbons (Fsp3) is 0.529. The number of aryl methyl sites for hydroxylation is 1. The number of hydrogen-bond acceptors (Lipinski definition) is 6. The van der Waals surface area contributed by atoms with Crippen molar-refractivity contribution in [2.24, 2.45) is 5.92 Å². The van der Waals surface area contributed by atoms with Gasteiger partial charge < -0.3 is 4.52 Å². The van der Waals surface area contributed by atoms with E-state index in [4.69, 9.17) is 4.52 Å². The van der Waals surface area contributed by atoms with Gasteiger partial charge in [-0.1, -0.05) is 35.5 Å². The van der Waals surface area contributed by atoms with Crippen LogP contribution in [-0.2, 0) is 22.3 Å². The Bertz CT molecular complexity index is 776. The van der Waals surface area contributed by atoms with Crippen LogP contribution >= 0.6 is 0 Å². The van der Waals surface area contributed by atoms with Crippen LogP contribution in [0.2, 0.25) is 0 Å². The molecule has 1 N–H and O–H groups in total. The molecular formula is C17H24N4O3S. The molecule has 0 amide bonds. The summed E-state index contributed by atoms with van der Waals surface area (Å²) < 4.78 is 32.4. The van der Waals surface area contributed by atoms with Gasteiger partial charge in [0.15, 0.2) is 5.82 Å². The van der Waals surface area contributed by atoms with E-state index in [2.05, 4.69) is 19.8 Å². The van der Waals surface area contributed by atoms with E-state index in [-0.39, 0.29) is 5.75 Å². The number of nitrogens with zero attached hydrogens (tertiary/aromatic N) is 3. The number of piperidine rings is 1. The van der Waals surface area contributed by atoms with Gasteiger partial charge in [0.25, 0.3) is 0 Å². The highest BCUT2D eigenvalue weighted by Crippen LogP contribution is 2.18. The number of sulfonamides is 1. The first-order valence-corrected chi connectivity index (χ1v) is 10.2. The van der Waals surface area contributed by atoms with E-state index in [1.165, 1.54) is 0 Å². The Morgan fingerprint density at radius 2 is 2.12 bits per heavy atom. The minimum Gasteiger partial charge on any atom is -0.338 e. The molecule has 2 aromatic rings. The molecular weight excluding hydrogens is 340 g/mol. The highest BCUT2D eigenvalue weighted by molar-refractivity contribution is 7.88. The molecule has 1 unspecified atom stereocenters. The quantitative estimate of drug-likeness (QED) is 0.805. The van der Waals surface area contributed by atoms with Crippen LogP contribution in [0.1, 0.15) is 30.1 Å². The Hall–Kier alpha value is -1.77. The summed E-state index contributed by atoms with van der Waals surface area (Å²) in [7, 11) is -3.32. The Labute approximate surface area is 148 Å². The monoisotopic (exact) mass is 364 g/mol. The van der Waals surface area contributed by atoms with E-state index in [9.17, 15) is 8.42 Å². The summed E-state index contributed by atoms with van der Waals surface area (Å²) in [5.41, 5.74) is 0.798. The summed E-state index contributed by atoms with van der Waals surface area (Å²) in [6.45, 7) is 4.68. The van der Waals surface area contributed by atoms with Gasteiger partial charge in [0.2, 0.25) is 15.9 Å². The normalized spacial score (nSPS) is 19.2. The second-order valence-corrected chi connectivity index (χ2v) is 8.38. The second kappa shape index (κ2) is 8.07. The topological polar surface area (TPSA) is 88.3 Å². The molecule has 1 aliphatic heterocycles. The lowest BCUT2D eigenvalue weighted by atomic mass is 9.98. The van der Waals surface area contributed by atoms with Crippen LogP contribution in [-0.4, -0.2) is 43.1 Å². The van der Waals surface area contributed by atoms with Crippen molar-refractivity contribution >= 4 is 10.0 Å². The third-order valence-electron chi connectivity index (χ3n) is 4.32. The van der Waals surface area contributed by atoms with Crippen LogP contribution in [0.25, 0.3) is 0 Å². The summed E-state index contributed by atoms with van der Waals surface area (Å²) in [6.07, 6.45) is 2.06. The first kappa shape index (κ1) is 18.0. The minimum atomic E-state index is -3.32. The van der Waals surface area contributed by atoms with Crippen LogP contribution in [0.3, 0.4) is 0 Å². The zero-order valence-corrected chi connectivity index (χ0v) is 15.2. The van der Waals surface area contributed by atoms with E-state index in [1.54, 1.807) is 6.92 Å². The Kier molecular flexibility index (Phi) is 5.82. The van der Waals surface area contributed by atoms with E-state index in [0.29, 0.717) is 30.7 Å². The summed E-state index contributed by atoms with van der Waals surface area (Å²) >= 11 is 0. The fourth-order valence-corrected chi connectivity index (χ4v) is 4.37. The molecule has 1 saturated heterocycles. The third kappa shape index (κ3) is 5.62. The lowest BCUT2D eigenvalue weighted by Crippen LogP contribution is -2.40. The number of nitrogens with one attached hydrogen (secondary N) is 1. The fourth-order valence-electron chi connectivity index (χ4n) is 3.15. The number of benzene rings is 1. The molecule has 2 heterocycles. The molecule has 8 heteroatoms. The summed E-state index contributed by atoms with van der Waals surface area (Å²) in [5, 5.41) is 3.81. The van der Waals surface area contributed by atoms with E-state index in [0.717, 1.165) is 31.5 Å². The molecule has 1 aliphatic rings. The molecule has 3 rings (SSSR count). The predicted molar refractivity (Wildman–Crippen MR) is 94.1 cm³/mol. The van der Waals surface area contributed by atoms with Crippen molar-refractivity contribution in [3.05, 3.63) is 47.6 Å². The maximum atomic E-state index is 12.3. The summed E-state index contributed by atoms with van der Waals surface area (Å²) in [4.78, 5) is 6.47. The highest BCUT2D eigenvalue weighted by atomic mass is 32.2. The summed E-state index contributed by atoms with van der Waals surface area (Å²) in [5.74, 6) is 1.56. The zero-order valence-electron chi connectivity index (χ0n) is 14.4. The largest absolute Gasteiger partial charge is 0.338 e. The van der Waals surface area contributed by atoms with Crippen molar-refractivity contribution in [3.63, 3.8) is 0 Å². The van der Waals surface area contributed by atoms with Gasteiger partial charge in [-0.15, -0.1) is 0 Å². The van der Waals surface area contributed by atoms with Crippen LogP contribution in [0, 0.1) is 12.8 Å². The van der Waals surface area contributed by atoms with Crippen molar-refractivity contribution in [3.8, 4) is 0 Å². The summed E-state index contributed by atoms with van der Waals surface area (Å²) in [6, 6.07) is 9.24.